The highest BCUT2D eigenvalue weighted by Gasteiger charge is 2.18. The molecule has 0 aliphatic rings. The first-order chi connectivity index (χ1) is 14.7. The first-order valence-electron chi connectivity index (χ1n) is 9.40. The van der Waals surface area contributed by atoms with Gasteiger partial charge in [-0.3, -0.25) is 4.57 Å². The number of benzene rings is 2. The summed E-state index contributed by atoms with van der Waals surface area (Å²) in [7, 11) is 1.64. The molecule has 7 nitrogen and oxygen atoms in total. The number of hydrogen-bond donors (Lipinski definition) is 0. The predicted octanol–water partition coefficient (Wildman–Crippen LogP) is 4.79. The second-order valence-electron chi connectivity index (χ2n) is 6.52. The molecule has 0 saturated carbocycles. The molecule has 0 N–H and O–H groups in total. The van der Waals surface area contributed by atoms with Crippen LogP contribution >= 0.6 is 11.8 Å². The van der Waals surface area contributed by atoms with Gasteiger partial charge in [-0.25, -0.2) is 0 Å². The minimum absolute atomic E-state index is 0.486. The SMILES string of the molecule is C=CCn1c(SCc2nc(-c3ccccc3C)no2)nnc1-c1ccccc1OC. The maximum Gasteiger partial charge on any atom is 0.237 e. The summed E-state index contributed by atoms with van der Waals surface area (Å²) in [4.78, 5) is 4.53. The zero-order valence-corrected chi connectivity index (χ0v) is 17.6. The predicted molar refractivity (Wildman–Crippen MR) is 116 cm³/mol. The lowest BCUT2D eigenvalue weighted by Crippen LogP contribution is -2.01. The van der Waals surface area contributed by atoms with Crippen LogP contribution in [0.4, 0.5) is 0 Å². The summed E-state index contributed by atoms with van der Waals surface area (Å²) in [6.45, 7) is 6.46. The number of hydrogen-bond acceptors (Lipinski definition) is 7. The fourth-order valence-electron chi connectivity index (χ4n) is 3.09. The second kappa shape index (κ2) is 8.96. The normalized spacial score (nSPS) is 10.9. The van der Waals surface area contributed by atoms with Crippen molar-refractivity contribution in [3.8, 4) is 28.5 Å². The van der Waals surface area contributed by atoms with Gasteiger partial charge in [0.05, 0.1) is 18.4 Å². The van der Waals surface area contributed by atoms with Gasteiger partial charge in [-0.15, -0.1) is 16.8 Å². The number of aryl methyl sites for hydroxylation is 1. The highest BCUT2D eigenvalue weighted by Crippen LogP contribution is 2.32. The van der Waals surface area contributed by atoms with E-state index in [0.29, 0.717) is 24.0 Å². The molecule has 2 aromatic carbocycles. The van der Waals surface area contributed by atoms with Crippen LogP contribution in [0, 0.1) is 6.92 Å². The minimum atomic E-state index is 0.486. The molecule has 4 rings (SSSR count). The van der Waals surface area contributed by atoms with Gasteiger partial charge in [0.25, 0.3) is 0 Å². The van der Waals surface area contributed by atoms with Crippen LogP contribution in [-0.2, 0) is 12.3 Å². The Morgan fingerprint density at radius 2 is 1.87 bits per heavy atom. The Morgan fingerprint density at radius 3 is 2.63 bits per heavy atom. The maximum absolute atomic E-state index is 5.48. The van der Waals surface area contributed by atoms with Gasteiger partial charge in [0.2, 0.25) is 11.7 Å². The zero-order chi connectivity index (χ0) is 20.9. The molecular weight excluding hydrogens is 398 g/mol. The Hall–Kier alpha value is -3.39. The molecule has 0 atom stereocenters. The van der Waals surface area contributed by atoms with Gasteiger partial charge < -0.3 is 9.26 Å². The van der Waals surface area contributed by atoms with Crippen molar-refractivity contribution in [1.29, 1.82) is 0 Å². The van der Waals surface area contributed by atoms with Gasteiger partial charge in [-0.2, -0.15) is 4.98 Å². The lowest BCUT2D eigenvalue weighted by Gasteiger charge is -2.10. The fourth-order valence-corrected chi connectivity index (χ4v) is 3.88. The van der Waals surface area contributed by atoms with E-state index in [0.717, 1.165) is 33.4 Å². The van der Waals surface area contributed by atoms with Crippen LogP contribution in [0.25, 0.3) is 22.8 Å². The van der Waals surface area contributed by atoms with E-state index < -0.39 is 0 Å². The summed E-state index contributed by atoms with van der Waals surface area (Å²) < 4.78 is 12.9. The molecule has 0 fully saturated rings. The van der Waals surface area contributed by atoms with E-state index in [1.165, 1.54) is 11.8 Å². The molecular formula is C22H21N5O2S. The van der Waals surface area contributed by atoms with Crippen molar-refractivity contribution >= 4 is 11.8 Å². The Morgan fingerprint density at radius 1 is 1.10 bits per heavy atom. The molecule has 2 aromatic heterocycles. The fraction of sp³-hybridized carbons (Fsp3) is 0.182. The maximum atomic E-state index is 5.48. The quantitative estimate of drug-likeness (QED) is 0.300. The van der Waals surface area contributed by atoms with Gasteiger partial charge in [0.15, 0.2) is 11.0 Å². The van der Waals surface area contributed by atoms with Crippen LogP contribution < -0.4 is 4.74 Å². The third kappa shape index (κ3) is 3.99. The van der Waals surface area contributed by atoms with Gasteiger partial charge in [-0.05, 0) is 24.6 Å². The molecule has 8 heteroatoms. The molecule has 0 saturated heterocycles. The summed E-state index contributed by atoms with van der Waals surface area (Å²) in [5, 5.41) is 13.6. The number of allylic oxidation sites excluding steroid dienone is 1. The van der Waals surface area contributed by atoms with E-state index in [2.05, 4.69) is 26.9 Å². The van der Waals surface area contributed by atoms with Gasteiger partial charge in [0, 0.05) is 12.1 Å². The summed E-state index contributed by atoms with van der Waals surface area (Å²) in [5.41, 5.74) is 2.94. The van der Waals surface area contributed by atoms with Crippen molar-refractivity contribution in [2.24, 2.45) is 0 Å². The lowest BCUT2D eigenvalue weighted by molar-refractivity contribution is 0.391. The molecule has 0 unspecified atom stereocenters. The molecule has 0 aliphatic heterocycles. The molecule has 152 valence electrons. The third-order valence-electron chi connectivity index (χ3n) is 4.56. The number of aromatic nitrogens is 5. The van der Waals surface area contributed by atoms with Crippen LogP contribution in [-0.4, -0.2) is 32.0 Å². The van der Waals surface area contributed by atoms with Crippen molar-refractivity contribution in [3.05, 3.63) is 72.6 Å². The monoisotopic (exact) mass is 419 g/mol. The van der Waals surface area contributed by atoms with Gasteiger partial charge in [-0.1, -0.05) is 59.4 Å². The van der Waals surface area contributed by atoms with E-state index >= 15 is 0 Å². The molecule has 0 amide bonds. The van der Waals surface area contributed by atoms with Crippen LogP contribution in [0.15, 0.2) is 70.9 Å². The molecule has 0 bridgehead atoms. The number of methoxy groups -OCH3 is 1. The first-order valence-corrected chi connectivity index (χ1v) is 10.4. The van der Waals surface area contributed by atoms with Crippen molar-refractivity contribution in [2.45, 2.75) is 24.4 Å². The summed E-state index contributed by atoms with van der Waals surface area (Å²) in [6.07, 6.45) is 1.81. The smallest absolute Gasteiger partial charge is 0.237 e. The van der Waals surface area contributed by atoms with E-state index in [4.69, 9.17) is 9.26 Å². The highest BCUT2D eigenvalue weighted by atomic mass is 32.2. The molecule has 0 radical (unpaired) electrons. The lowest BCUT2D eigenvalue weighted by atomic mass is 10.1. The van der Waals surface area contributed by atoms with Gasteiger partial charge in [0.1, 0.15) is 5.75 Å². The van der Waals surface area contributed by atoms with E-state index in [1.54, 1.807) is 7.11 Å². The number of para-hydroxylation sites is 1. The zero-order valence-electron chi connectivity index (χ0n) is 16.8. The average molecular weight is 420 g/mol. The average Bonchev–Trinajstić information content (AvgIpc) is 3.40. The van der Waals surface area contributed by atoms with Crippen molar-refractivity contribution in [3.63, 3.8) is 0 Å². The second-order valence-corrected chi connectivity index (χ2v) is 7.46. The molecule has 2 heterocycles. The van der Waals surface area contributed by atoms with Crippen LogP contribution in [0.1, 0.15) is 11.5 Å². The third-order valence-corrected chi connectivity index (χ3v) is 5.51. The Kier molecular flexibility index (Phi) is 5.94. The highest BCUT2D eigenvalue weighted by molar-refractivity contribution is 7.98. The summed E-state index contributed by atoms with van der Waals surface area (Å²) >= 11 is 1.49. The number of nitrogens with zero attached hydrogens (tertiary/aromatic N) is 5. The number of thioether (sulfide) groups is 1. The topological polar surface area (TPSA) is 78.9 Å². The van der Waals surface area contributed by atoms with Crippen molar-refractivity contribution < 1.29 is 9.26 Å². The molecule has 0 spiro atoms. The standard InChI is InChI=1S/C22H21N5O2S/c1-4-13-27-21(17-11-7-8-12-18(17)28-3)24-25-22(27)30-14-19-23-20(26-29-19)16-10-6-5-9-15(16)2/h4-12H,1,13-14H2,2-3H3. The summed E-state index contributed by atoms with van der Waals surface area (Å²) in [6, 6.07) is 15.7. The first kappa shape index (κ1) is 19.9. The number of rotatable bonds is 8. The minimum Gasteiger partial charge on any atom is -0.496 e. The van der Waals surface area contributed by atoms with E-state index in [9.17, 15) is 0 Å². The van der Waals surface area contributed by atoms with Crippen molar-refractivity contribution in [1.82, 2.24) is 24.9 Å². The Labute approximate surface area is 178 Å². The Balaban J connectivity index is 1.57. The largest absolute Gasteiger partial charge is 0.496 e. The molecule has 0 aliphatic carbocycles. The van der Waals surface area contributed by atoms with Crippen LogP contribution in [0.5, 0.6) is 5.75 Å². The molecule has 4 aromatic rings. The van der Waals surface area contributed by atoms with E-state index in [1.807, 2.05) is 66.1 Å². The van der Waals surface area contributed by atoms with Crippen LogP contribution in [0.2, 0.25) is 0 Å². The Bertz CT molecular complexity index is 1170. The molecule has 30 heavy (non-hydrogen) atoms. The number of ether oxygens (including phenoxy) is 1. The summed E-state index contributed by atoms with van der Waals surface area (Å²) in [5.74, 6) is 3.07. The van der Waals surface area contributed by atoms with Crippen LogP contribution in [0.3, 0.4) is 0 Å². The van der Waals surface area contributed by atoms with E-state index in [-0.39, 0.29) is 0 Å². The van der Waals surface area contributed by atoms with Gasteiger partial charge >= 0.3 is 0 Å². The van der Waals surface area contributed by atoms with Crippen molar-refractivity contribution in [2.75, 3.05) is 7.11 Å².